The Kier molecular flexibility index (Phi) is 5.36. The third-order valence-electron chi connectivity index (χ3n) is 5.50. The van der Waals surface area contributed by atoms with E-state index in [9.17, 15) is 5.11 Å². The van der Waals surface area contributed by atoms with Crippen molar-refractivity contribution < 1.29 is 13.6 Å². The van der Waals surface area contributed by atoms with Crippen LogP contribution in [0.15, 0.2) is 36.8 Å². The van der Waals surface area contributed by atoms with Crippen LogP contribution in [0.3, 0.4) is 0 Å². The number of benzene rings is 1. The van der Waals surface area contributed by atoms with E-state index in [1.165, 1.54) is 24.7 Å². The molecule has 3 heterocycles. The number of halogens is 2. The zero-order chi connectivity index (χ0) is 24.9. The smallest absolute Gasteiger partial charge is 0.243 e. The number of nitrogens with one attached hydrogen (secondary N) is 2. The van der Waals surface area contributed by atoms with Gasteiger partial charge in [-0.3, -0.25) is 4.68 Å². The van der Waals surface area contributed by atoms with Crippen molar-refractivity contribution in [3.63, 3.8) is 0 Å². The van der Waals surface area contributed by atoms with Crippen LogP contribution in [0.2, 0.25) is 0 Å². The minimum atomic E-state index is -2.38. The van der Waals surface area contributed by atoms with Crippen LogP contribution in [0.5, 0.6) is 5.75 Å². The van der Waals surface area contributed by atoms with Gasteiger partial charge in [-0.25, -0.2) is 9.37 Å². The molecule has 0 aliphatic carbocycles. The number of aromatic nitrogens is 5. The summed E-state index contributed by atoms with van der Waals surface area (Å²) >= 11 is 0. The van der Waals surface area contributed by atoms with E-state index in [0.717, 1.165) is 4.68 Å². The minimum absolute atomic E-state index is 0. The van der Waals surface area contributed by atoms with E-state index < -0.39 is 24.7 Å². The van der Waals surface area contributed by atoms with Gasteiger partial charge in [0.1, 0.15) is 17.6 Å². The highest BCUT2D eigenvalue weighted by Gasteiger charge is 2.46. The summed E-state index contributed by atoms with van der Waals surface area (Å²) < 4.78 is 38.2. The zero-order valence-electron chi connectivity index (χ0n) is 21.3. The molecule has 32 heavy (non-hydrogen) atoms. The number of anilines is 1. The molecule has 10 heteroatoms. The number of alkyl halides is 1. The highest BCUT2D eigenvalue weighted by atomic mass is 35.5. The lowest BCUT2D eigenvalue weighted by molar-refractivity contribution is 0.0654. The molecule has 0 amide bonds. The summed E-state index contributed by atoms with van der Waals surface area (Å²) in [6.07, 6.45) is 3.66. The van der Waals surface area contributed by atoms with Crippen molar-refractivity contribution >= 4 is 18.4 Å². The predicted octanol–water partition coefficient (Wildman–Crippen LogP) is 3.74. The molecule has 1 aromatic carbocycles. The van der Waals surface area contributed by atoms with E-state index in [4.69, 9.17) is 4.11 Å². The Morgan fingerprint density at radius 2 is 2.00 bits per heavy atom. The lowest BCUT2D eigenvalue weighted by atomic mass is 9.78. The van der Waals surface area contributed by atoms with Gasteiger partial charge in [0.2, 0.25) is 5.95 Å². The Balaban J connectivity index is 0.00000342. The first-order valence-electron chi connectivity index (χ1n) is 11.5. The van der Waals surface area contributed by atoms with Crippen LogP contribution in [-0.4, -0.2) is 53.4 Å². The molecule has 0 saturated carbocycles. The van der Waals surface area contributed by atoms with E-state index in [2.05, 4.69) is 30.9 Å². The SMILES string of the molecule is Cl.[2H]C([2H])([2H])n1cc(-c2ccc(-c3cnc(N[C@H]4CC(C)(C)NC(C)(C)[C@H]4F)nn3)c(O)c2)cn1. The van der Waals surface area contributed by atoms with Gasteiger partial charge in [-0.15, -0.1) is 22.6 Å². The minimum Gasteiger partial charge on any atom is -0.507 e. The Morgan fingerprint density at radius 1 is 1.22 bits per heavy atom. The summed E-state index contributed by atoms with van der Waals surface area (Å²) in [5.74, 6) is 0.139. The molecule has 2 atom stereocenters. The molecular formula is C22H29ClFN7O. The number of nitrogens with zero attached hydrogens (tertiary/aromatic N) is 5. The number of piperidine rings is 1. The lowest BCUT2D eigenvalue weighted by Gasteiger charge is -2.48. The fraction of sp³-hybridized carbons (Fsp3) is 0.455. The summed E-state index contributed by atoms with van der Waals surface area (Å²) in [6.45, 7) is 5.33. The number of hydrogen-bond donors (Lipinski definition) is 3. The van der Waals surface area contributed by atoms with Gasteiger partial charge in [0, 0.05) is 39.5 Å². The van der Waals surface area contributed by atoms with Crippen molar-refractivity contribution in [3.05, 3.63) is 36.8 Å². The van der Waals surface area contributed by atoms with Gasteiger partial charge in [-0.05, 0) is 51.8 Å². The topological polar surface area (TPSA) is 101 Å². The van der Waals surface area contributed by atoms with Crippen molar-refractivity contribution in [3.8, 4) is 28.1 Å². The second-order valence-corrected chi connectivity index (χ2v) is 9.16. The summed E-state index contributed by atoms with van der Waals surface area (Å²) in [6, 6.07) is 4.38. The highest BCUT2D eigenvalue weighted by Crippen LogP contribution is 2.34. The van der Waals surface area contributed by atoms with Crippen LogP contribution in [0.1, 0.15) is 38.2 Å². The second kappa shape index (κ2) is 8.63. The van der Waals surface area contributed by atoms with Crippen molar-refractivity contribution in [1.29, 1.82) is 0 Å². The van der Waals surface area contributed by atoms with Crippen LogP contribution in [0.4, 0.5) is 10.3 Å². The summed E-state index contributed by atoms with van der Waals surface area (Å²) in [4.78, 5) is 4.27. The van der Waals surface area contributed by atoms with Crippen molar-refractivity contribution in [2.75, 3.05) is 5.32 Å². The standard InChI is InChI=1S/C22H28FN7O.ClH/c1-21(2)9-16(19(23)22(3,4)29-21)26-20-24-11-17(27-28-20)15-7-6-13(8-18(15)31)14-10-25-30(5)12-14;/h6-8,10-12,16,19,29,31H,9H2,1-5H3,(H,24,26,28);1H/t16-,19-;/m0./s1/i5D3;. The molecule has 0 bridgehead atoms. The number of phenolic OH excluding ortho intramolecular Hbond substituents is 1. The molecule has 1 aliphatic rings. The predicted molar refractivity (Wildman–Crippen MR) is 125 cm³/mol. The molecule has 0 unspecified atom stereocenters. The molecule has 2 aromatic heterocycles. The molecule has 0 spiro atoms. The molecule has 1 saturated heterocycles. The third-order valence-corrected chi connectivity index (χ3v) is 5.50. The molecule has 4 rings (SSSR count). The summed E-state index contributed by atoms with van der Waals surface area (Å²) in [5.41, 5.74) is 0.934. The van der Waals surface area contributed by atoms with E-state index >= 15 is 4.39 Å². The number of rotatable bonds is 4. The van der Waals surface area contributed by atoms with Gasteiger partial charge in [0.05, 0.1) is 18.4 Å². The highest BCUT2D eigenvalue weighted by molar-refractivity contribution is 5.85. The molecule has 172 valence electrons. The van der Waals surface area contributed by atoms with Gasteiger partial charge in [0.25, 0.3) is 0 Å². The number of phenols is 1. The Hall–Kier alpha value is -2.78. The fourth-order valence-corrected chi connectivity index (χ4v) is 4.30. The van der Waals surface area contributed by atoms with Gasteiger partial charge in [0.15, 0.2) is 0 Å². The van der Waals surface area contributed by atoms with Crippen LogP contribution in [0, 0.1) is 0 Å². The van der Waals surface area contributed by atoms with Crippen molar-refractivity contribution in [2.45, 2.75) is 57.4 Å². The number of hydrogen-bond acceptors (Lipinski definition) is 7. The maximum absolute atomic E-state index is 15.0. The molecule has 8 nitrogen and oxygen atoms in total. The summed E-state index contributed by atoms with van der Waals surface area (Å²) in [7, 11) is 0. The zero-order valence-corrected chi connectivity index (χ0v) is 19.1. The largest absolute Gasteiger partial charge is 0.507 e. The number of aromatic hydroxyl groups is 1. The molecule has 3 aromatic rings. The third kappa shape index (κ3) is 4.83. The molecular weight excluding hydrogens is 433 g/mol. The van der Waals surface area contributed by atoms with Gasteiger partial charge in [-0.2, -0.15) is 5.10 Å². The molecule has 3 N–H and O–H groups in total. The summed E-state index contributed by atoms with van der Waals surface area (Å²) in [5, 5.41) is 29.0. The quantitative estimate of drug-likeness (QED) is 0.540. The van der Waals surface area contributed by atoms with Crippen molar-refractivity contribution in [1.82, 2.24) is 30.3 Å². The maximum atomic E-state index is 15.0. The Labute approximate surface area is 197 Å². The van der Waals surface area contributed by atoms with Crippen LogP contribution in [0.25, 0.3) is 22.4 Å². The maximum Gasteiger partial charge on any atom is 0.243 e. The average molecular weight is 465 g/mol. The first kappa shape index (κ1) is 19.9. The van der Waals surface area contributed by atoms with Gasteiger partial charge < -0.3 is 15.7 Å². The normalized spacial score (nSPS) is 23.3. The monoisotopic (exact) mass is 464 g/mol. The number of aryl methyl sites for hydroxylation is 1. The average Bonchev–Trinajstić information content (AvgIpc) is 3.22. The Morgan fingerprint density at radius 3 is 2.62 bits per heavy atom. The van der Waals surface area contributed by atoms with E-state index in [0.29, 0.717) is 28.8 Å². The van der Waals surface area contributed by atoms with Gasteiger partial charge in [-0.1, -0.05) is 6.07 Å². The van der Waals surface area contributed by atoms with Gasteiger partial charge >= 0.3 is 0 Å². The van der Waals surface area contributed by atoms with E-state index in [-0.39, 0.29) is 29.6 Å². The van der Waals surface area contributed by atoms with Crippen molar-refractivity contribution in [2.24, 2.45) is 6.98 Å². The second-order valence-electron chi connectivity index (χ2n) is 9.16. The van der Waals surface area contributed by atoms with Crippen LogP contribution in [-0.2, 0) is 6.98 Å². The Bertz CT molecular complexity index is 1180. The first-order chi connectivity index (χ1) is 15.7. The van der Waals surface area contributed by atoms with Crippen LogP contribution >= 0.6 is 12.4 Å². The molecule has 0 radical (unpaired) electrons. The lowest BCUT2D eigenvalue weighted by Crippen LogP contribution is -2.67. The van der Waals surface area contributed by atoms with E-state index in [1.807, 2.05) is 27.7 Å². The molecule has 1 fully saturated rings. The van der Waals surface area contributed by atoms with E-state index in [1.54, 1.807) is 12.1 Å². The van der Waals surface area contributed by atoms with Crippen LogP contribution < -0.4 is 10.6 Å². The molecule has 1 aliphatic heterocycles. The fourth-order valence-electron chi connectivity index (χ4n) is 4.30. The first-order valence-corrected chi connectivity index (χ1v) is 10.0.